The molecular formula is C14H16N2O4. The van der Waals surface area contributed by atoms with Gasteiger partial charge in [0.1, 0.15) is 0 Å². The van der Waals surface area contributed by atoms with Crippen LogP contribution >= 0.6 is 0 Å². The predicted octanol–water partition coefficient (Wildman–Crippen LogP) is 1.45. The Labute approximate surface area is 115 Å². The van der Waals surface area contributed by atoms with E-state index in [-0.39, 0.29) is 11.3 Å². The molecule has 106 valence electrons. The van der Waals surface area contributed by atoms with Crippen LogP contribution in [0.25, 0.3) is 11.0 Å². The molecule has 2 N–H and O–H groups in total. The van der Waals surface area contributed by atoms with Crippen LogP contribution < -0.4 is 5.69 Å². The topological polar surface area (TPSA) is 84.3 Å². The van der Waals surface area contributed by atoms with Crippen LogP contribution in [0.1, 0.15) is 23.2 Å². The van der Waals surface area contributed by atoms with Gasteiger partial charge in [0.05, 0.1) is 16.6 Å². The van der Waals surface area contributed by atoms with Crippen LogP contribution in [0.15, 0.2) is 23.0 Å². The van der Waals surface area contributed by atoms with E-state index < -0.39 is 5.97 Å². The molecule has 20 heavy (non-hydrogen) atoms. The van der Waals surface area contributed by atoms with E-state index in [1.807, 2.05) is 0 Å². The Morgan fingerprint density at radius 1 is 1.50 bits per heavy atom. The number of aromatic amines is 1. The summed E-state index contributed by atoms with van der Waals surface area (Å²) in [6.45, 7) is 2.12. The second-order valence-electron chi connectivity index (χ2n) is 5.14. The van der Waals surface area contributed by atoms with Gasteiger partial charge in [-0.2, -0.15) is 0 Å². The molecule has 0 radical (unpaired) electrons. The van der Waals surface area contributed by atoms with Gasteiger partial charge in [0, 0.05) is 19.8 Å². The van der Waals surface area contributed by atoms with Crippen molar-refractivity contribution in [2.24, 2.45) is 5.92 Å². The van der Waals surface area contributed by atoms with Crippen LogP contribution in [0, 0.1) is 5.92 Å². The van der Waals surface area contributed by atoms with Gasteiger partial charge in [0.15, 0.2) is 0 Å². The number of imidazole rings is 1. The van der Waals surface area contributed by atoms with E-state index >= 15 is 0 Å². The Morgan fingerprint density at radius 3 is 3.05 bits per heavy atom. The highest BCUT2D eigenvalue weighted by atomic mass is 16.5. The van der Waals surface area contributed by atoms with Crippen molar-refractivity contribution in [2.45, 2.75) is 19.4 Å². The van der Waals surface area contributed by atoms with Crippen molar-refractivity contribution in [3.63, 3.8) is 0 Å². The Bertz CT molecular complexity index is 695. The summed E-state index contributed by atoms with van der Waals surface area (Å²) < 4.78 is 6.93. The van der Waals surface area contributed by atoms with Crippen LogP contribution in [-0.2, 0) is 11.3 Å². The zero-order valence-electron chi connectivity index (χ0n) is 11.0. The van der Waals surface area contributed by atoms with Gasteiger partial charge in [-0.1, -0.05) is 0 Å². The fourth-order valence-corrected chi connectivity index (χ4v) is 2.63. The van der Waals surface area contributed by atoms with E-state index in [9.17, 15) is 9.59 Å². The summed E-state index contributed by atoms with van der Waals surface area (Å²) in [6.07, 6.45) is 1.89. The lowest BCUT2D eigenvalue weighted by Crippen LogP contribution is -2.18. The Morgan fingerprint density at radius 2 is 2.35 bits per heavy atom. The highest BCUT2D eigenvalue weighted by molar-refractivity contribution is 5.92. The maximum absolute atomic E-state index is 12.0. The highest BCUT2D eigenvalue weighted by Gasteiger charge is 2.17. The quantitative estimate of drug-likeness (QED) is 0.885. The van der Waals surface area contributed by atoms with Crippen LogP contribution in [0.5, 0.6) is 0 Å². The number of aromatic carboxylic acids is 1. The third-order valence-corrected chi connectivity index (χ3v) is 3.81. The van der Waals surface area contributed by atoms with Crippen LogP contribution in [0.3, 0.4) is 0 Å². The summed E-state index contributed by atoms with van der Waals surface area (Å²) in [5.41, 5.74) is 1.31. The molecule has 0 saturated carbocycles. The maximum Gasteiger partial charge on any atom is 0.335 e. The number of fused-ring (bicyclic) bond motifs is 1. The first-order valence-electron chi connectivity index (χ1n) is 6.69. The number of hydrogen-bond donors (Lipinski definition) is 2. The fraction of sp³-hybridized carbons (Fsp3) is 0.429. The molecule has 1 aromatic carbocycles. The molecule has 2 heterocycles. The van der Waals surface area contributed by atoms with Crippen molar-refractivity contribution in [3.8, 4) is 0 Å². The SMILES string of the molecule is O=C(O)c1ccc2[nH]c(=O)n(CCC3CCOC3)c2c1. The monoisotopic (exact) mass is 276 g/mol. The molecule has 0 amide bonds. The fourth-order valence-electron chi connectivity index (χ4n) is 2.63. The first-order valence-corrected chi connectivity index (χ1v) is 6.69. The molecule has 1 aromatic heterocycles. The van der Waals surface area contributed by atoms with Gasteiger partial charge in [0.25, 0.3) is 0 Å². The minimum absolute atomic E-state index is 0.189. The summed E-state index contributed by atoms with van der Waals surface area (Å²) in [5.74, 6) is -0.509. The van der Waals surface area contributed by atoms with Crippen LogP contribution in [0.2, 0.25) is 0 Å². The summed E-state index contributed by atoms with van der Waals surface area (Å²) >= 11 is 0. The lowest BCUT2D eigenvalue weighted by atomic mass is 10.1. The van der Waals surface area contributed by atoms with E-state index in [1.54, 1.807) is 16.7 Å². The number of carboxylic acids is 1. The highest BCUT2D eigenvalue weighted by Crippen LogP contribution is 2.19. The van der Waals surface area contributed by atoms with Gasteiger partial charge in [-0.05, 0) is 37.0 Å². The van der Waals surface area contributed by atoms with E-state index in [0.29, 0.717) is 23.5 Å². The number of nitrogens with zero attached hydrogens (tertiary/aromatic N) is 1. The van der Waals surface area contributed by atoms with Gasteiger partial charge in [0.2, 0.25) is 0 Å². The lowest BCUT2D eigenvalue weighted by molar-refractivity contribution is 0.0697. The first-order chi connectivity index (χ1) is 9.65. The summed E-state index contributed by atoms with van der Waals surface area (Å²) in [6, 6.07) is 4.67. The van der Waals surface area contributed by atoms with Crippen LogP contribution in [-0.4, -0.2) is 33.8 Å². The number of nitrogens with one attached hydrogen (secondary N) is 1. The summed E-state index contributed by atoms with van der Waals surface area (Å²) in [7, 11) is 0. The largest absolute Gasteiger partial charge is 0.478 e. The standard InChI is InChI=1S/C14H16N2O4/c17-13(18)10-1-2-11-12(7-10)16(14(19)15-11)5-3-9-4-6-20-8-9/h1-2,7,9H,3-6,8H2,(H,15,19)(H,17,18). The lowest BCUT2D eigenvalue weighted by Gasteiger charge is -2.08. The Kier molecular flexibility index (Phi) is 3.31. The average Bonchev–Trinajstić information content (AvgIpc) is 3.02. The van der Waals surface area contributed by atoms with Crippen LogP contribution in [0.4, 0.5) is 0 Å². The number of hydrogen-bond acceptors (Lipinski definition) is 3. The molecule has 6 nitrogen and oxygen atoms in total. The van der Waals surface area contributed by atoms with Crippen molar-refractivity contribution >= 4 is 17.0 Å². The molecule has 1 saturated heterocycles. The van der Waals surface area contributed by atoms with E-state index in [2.05, 4.69) is 4.98 Å². The molecule has 0 spiro atoms. The zero-order chi connectivity index (χ0) is 14.1. The average molecular weight is 276 g/mol. The second-order valence-corrected chi connectivity index (χ2v) is 5.14. The number of H-pyrrole nitrogens is 1. The molecule has 2 aromatic rings. The van der Waals surface area contributed by atoms with E-state index in [1.165, 1.54) is 6.07 Å². The van der Waals surface area contributed by atoms with Crippen molar-refractivity contribution in [1.82, 2.24) is 9.55 Å². The number of benzene rings is 1. The molecular weight excluding hydrogens is 260 g/mol. The van der Waals surface area contributed by atoms with Crippen molar-refractivity contribution < 1.29 is 14.6 Å². The van der Waals surface area contributed by atoms with Crippen molar-refractivity contribution in [1.29, 1.82) is 0 Å². The molecule has 0 aliphatic carbocycles. The first kappa shape index (κ1) is 12.9. The third kappa shape index (κ3) is 2.34. The van der Waals surface area contributed by atoms with Gasteiger partial charge in [-0.15, -0.1) is 0 Å². The molecule has 1 aliphatic rings. The number of carbonyl (C=O) groups is 1. The predicted molar refractivity (Wildman–Crippen MR) is 73.1 cm³/mol. The number of aromatic nitrogens is 2. The second kappa shape index (κ2) is 5.13. The normalized spacial score (nSPS) is 18.7. The van der Waals surface area contributed by atoms with Gasteiger partial charge >= 0.3 is 11.7 Å². The number of carboxylic acid groups (broad SMARTS) is 1. The molecule has 0 bridgehead atoms. The zero-order valence-corrected chi connectivity index (χ0v) is 11.0. The molecule has 1 unspecified atom stereocenters. The number of rotatable bonds is 4. The Hall–Kier alpha value is -2.08. The van der Waals surface area contributed by atoms with Crippen molar-refractivity contribution in [2.75, 3.05) is 13.2 Å². The van der Waals surface area contributed by atoms with E-state index in [4.69, 9.17) is 9.84 Å². The van der Waals surface area contributed by atoms with Gasteiger partial charge < -0.3 is 14.8 Å². The molecule has 6 heteroatoms. The molecule has 3 rings (SSSR count). The molecule has 1 fully saturated rings. The minimum Gasteiger partial charge on any atom is -0.478 e. The molecule has 1 aliphatic heterocycles. The number of aryl methyl sites for hydroxylation is 1. The van der Waals surface area contributed by atoms with Gasteiger partial charge in [-0.25, -0.2) is 9.59 Å². The third-order valence-electron chi connectivity index (χ3n) is 3.81. The summed E-state index contributed by atoms with van der Waals surface area (Å²) in [4.78, 5) is 25.7. The Balaban J connectivity index is 1.91. The van der Waals surface area contributed by atoms with E-state index in [0.717, 1.165) is 26.1 Å². The maximum atomic E-state index is 12.0. The van der Waals surface area contributed by atoms with Crippen molar-refractivity contribution in [3.05, 3.63) is 34.2 Å². The summed E-state index contributed by atoms with van der Waals surface area (Å²) in [5, 5.41) is 9.03. The smallest absolute Gasteiger partial charge is 0.335 e. The minimum atomic E-state index is -0.990. The number of ether oxygens (including phenoxy) is 1. The molecule has 1 atom stereocenters. The van der Waals surface area contributed by atoms with Gasteiger partial charge in [-0.3, -0.25) is 4.57 Å².